The highest BCUT2D eigenvalue weighted by Gasteiger charge is 2.21. The number of hydrogen-bond acceptors (Lipinski definition) is 3. The lowest BCUT2D eigenvalue weighted by Gasteiger charge is -2.12. The van der Waals surface area contributed by atoms with Gasteiger partial charge >= 0.3 is 11.9 Å². The fourth-order valence-corrected chi connectivity index (χ4v) is 2.90. The summed E-state index contributed by atoms with van der Waals surface area (Å²) in [5.41, 5.74) is 1.76. The summed E-state index contributed by atoms with van der Waals surface area (Å²) >= 11 is 6.19. The number of rotatable bonds is 3. The highest BCUT2D eigenvalue weighted by Crippen LogP contribution is 2.33. The molecule has 0 atom stereocenters. The number of carboxylic acid groups (broad SMARTS) is 2. The average Bonchev–Trinajstić information content (AvgIpc) is 2.94. The summed E-state index contributed by atoms with van der Waals surface area (Å²) in [4.78, 5) is 22.9. The second-order valence-corrected chi connectivity index (χ2v) is 5.47. The van der Waals surface area contributed by atoms with Gasteiger partial charge in [-0.15, -0.1) is 0 Å². The summed E-state index contributed by atoms with van der Waals surface area (Å²) in [5.74, 6) is -2.36. The molecule has 0 bridgehead atoms. The molecule has 1 heterocycles. The minimum absolute atomic E-state index is 0.0402. The maximum Gasteiger partial charge on any atom is 0.336 e. The quantitative estimate of drug-likeness (QED) is 0.681. The molecule has 0 aliphatic carbocycles. The van der Waals surface area contributed by atoms with E-state index in [4.69, 9.17) is 16.7 Å². The number of carbonyl (C=O) groups is 2. The summed E-state index contributed by atoms with van der Waals surface area (Å²) in [6.07, 6.45) is 1.59. The fraction of sp³-hybridized carbons (Fsp3) is 0.0625. The maximum absolute atomic E-state index is 11.6. The number of aromatic amines is 1. The molecule has 0 unspecified atom stereocenters. The number of H-pyrrole nitrogens is 1. The number of hydrogen-bond donors (Lipinski definition) is 3. The number of nitrogens with one attached hydrogen (secondary N) is 1. The highest BCUT2D eigenvalue weighted by atomic mass is 35.5. The Morgan fingerprint density at radius 3 is 2.57 bits per heavy atom. The summed E-state index contributed by atoms with van der Waals surface area (Å²) < 4.78 is 0. The topological polar surface area (TPSA) is 103 Å². The van der Waals surface area contributed by atoms with Gasteiger partial charge in [-0.25, -0.2) is 9.59 Å². The number of carboxylic acids is 2. The van der Waals surface area contributed by atoms with Crippen LogP contribution >= 0.6 is 11.6 Å². The zero-order valence-corrected chi connectivity index (χ0v) is 12.7. The van der Waals surface area contributed by atoms with E-state index in [-0.39, 0.29) is 16.7 Å². The van der Waals surface area contributed by atoms with E-state index in [1.54, 1.807) is 18.3 Å². The second kappa shape index (κ2) is 5.40. The van der Waals surface area contributed by atoms with Crippen molar-refractivity contribution in [1.82, 2.24) is 10.2 Å². The van der Waals surface area contributed by atoms with Crippen molar-refractivity contribution >= 4 is 34.4 Å². The van der Waals surface area contributed by atoms with Gasteiger partial charge in [0.05, 0.1) is 27.9 Å². The number of nitrogens with zero attached hydrogens (tertiary/aromatic N) is 1. The number of fused-ring (bicyclic) bond motifs is 1. The Morgan fingerprint density at radius 1 is 1.17 bits per heavy atom. The number of halogens is 1. The van der Waals surface area contributed by atoms with Gasteiger partial charge in [0.2, 0.25) is 0 Å². The first kappa shape index (κ1) is 15.1. The lowest BCUT2D eigenvalue weighted by atomic mass is 9.92. The monoisotopic (exact) mass is 330 g/mol. The number of aromatic nitrogens is 2. The van der Waals surface area contributed by atoms with E-state index in [9.17, 15) is 14.7 Å². The van der Waals surface area contributed by atoms with Crippen LogP contribution < -0.4 is 0 Å². The van der Waals surface area contributed by atoms with Crippen LogP contribution in [0.5, 0.6) is 0 Å². The molecule has 23 heavy (non-hydrogen) atoms. The van der Waals surface area contributed by atoms with Gasteiger partial charge in [-0.2, -0.15) is 5.10 Å². The predicted molar refractivity (Wildman–Crippen MR) is 85.2 cm³/mol. The molecule has 3 rings (SSSR count). The second-order valence-electron chi connectivity index (χ2n) is 5.06. The number of benzene rings is 2. The minimum Gasteiger partial charge on any atom is -0.478 e. The average molecular weight is 331 g/mol. The van der Waals surface area contributed by atoms with E-state index in [2.05, 4.69) is 10.2 Å². The first-order valence-corrected chi connectivity index (χ1v) is 7.01. The third kappa shape index (κ3) is 2.43. The molecule has 2 aromatic carbocycles. The summed E-state index contributed by atoms with van der Waals surface area (Å²) in [7, 11) is 0. The summed E-state index contributed by atoms with van der Waals surface area (Å²) in [6, 6.07) is 6.26. The SMILES string of the molecule is Cc1c(C(=O)O)ccc(-c2cc(Cl)c3[nH]ncc3c2)c1C(=O)O. The van der Waals surface area contributed by atoms with Crippen LogP contribution in [0, 0.1) is 6.92 Å². The lowest BCUT2D eigenvalue weighted by Crippen LogP contribution is -2.09. The Labute approximate surface area is 135 Å². The largest absolute Gasteiger partial charge is 0.478 e. The number of aromatic carboxylic acids is 2. The van der Waals surface area contributed by atoms with Crippen LogP contribution in [-0.4, -0.2) is 32.3 Å². The van der Waals surface area contributed by atoms with Crippen LogP contribution in [-0.2, 0) is 0 Å². The molecule has 0 radical (unpaired) electrons. The third-order valence-electron chi connectivity index (χ3n) is 3.72. The smallest absolute Gasteiger partial charge is 0.336 e. The van der Waals surface area contributed by atoms with Gasteiger partial charge < -0.3 is 10.2 Å². The van der Waals surface area contributed by atoms with Crippen LogP contribution in [0.15, 0.2) is 30.5 Å². The normalized spacial score (nSPS) is 10.9. The van der Waals surface area contributed by atoms with Gasteiger partial charge in [0.15, 0.2) is 0 Å². The van der Waals surface area contributed by atoms with Crippen LogP contribution in [0.25, 0.3) is 22.0 Å². The highest BCUT2D eigenvalue weighted by molar-refractivity contribution is 6.35. The molecular formula is C16H11ClN2O4. The molecule has 7 heteroatoms. The van der Waals surface area contributed by atoms with Crippen molar-refractivity contribution in [3.05, 3.63) is 52.2 Å². The van der Waals surface area contributed by atoms with E-state index in [0.29, 0.717) is 21.7 Å². The molecule has 116 valence electrons. The standard InChI is InChI=1S/C16H11ClN2O4/c1-7-10(15(20)21)2-3-11(13(7)16(22)23)8-4-9-6-18-19-14(9)12(17)5-8/h2-6H,1H3,(H,18,19)(H,20,21)(H,22,23). The minimum atomic E-state index is -1.19. The van der Waals surface area contributed by atoms with Crippen molar-refractivity contribution in [2.24, 2.45) is 0 Å². The van der Waals surface area contributed by atoms with Gasteiger partial charge in [0.1, 0.15) is 0 Å². The third-order valence-corrected chi connectivity index (χ3v) is 4.02. The molecule has 1 aromatic heterocycles. The first-order valence-electron chi connectivity index (χ1n) is 6.63. The Morgan fingerprint density at radius 2 is 1.91 bits per heavy atom. The Bertz CT molecular complexity index is 962. The van der Waals surface area contributed by atoms with Crippen LogP contribution in [0.1, 0.15) is 26.3 Å². The van der Waals surface area contributed by atoms with Crippen molar-refractivity contribution in [1.29, 1.82) is 0 Å². The van der Waals surface area contributed by atoms with E-state index in [0.717, 1.165) is 5.39 Å². The molecule has 3 N–H and O–H groups in total. The molecule has 3 aromatic rings. The molecule has 0 aliphatic heterocycles. The van der Waals surface area contributed by atoms with E-state index >= 15 is 0 Å². The van der Waals surface area contributed by atoms with Gasteiger partial charge in [-0.05, 0) is 41.8 Å². The molecule has 0 saturated carbocycles. The fourth-order valence-electron chi connectivity index (χ4n) is 2.63. The molecule has 6 nitrogen and oxygen atoms in total. The Balaban J connectivity index is 2.31. The first-order chi connectivity index (χ1) is 10.9. The van der Waals surface area contributed by atoms with Crippen LogP contribution in [0.2, 0.25) is 5.02 Å². The summed E-state index contributed by atoms with van der Waals surface area (Å²) in [6.45, 7) is 1.48. The molecule has 0 spiro atoms. The van der Waals surface area contributed by atoms with E-state index < -0.39 is 11.9 Å². The Hall–Kier alpha value is -2.86. The predicted octanol–water partition coefficient (Wildman–Crippen LogP) is 3.59. The van der Waals surface area contributed by atoms with Crippen molar-refractivity contribution < 1.29 is 19.8 Å². The van der Waals surface area contributed by atoms with Crippen molar-refractivity contribution in [3.8, 4) is 11.1 Å². The van der Waals surface area contributed by atoms with Gasteiger partial charge in [0, 0.05) is 5.39 Å². The molecule has 0 saturated heterocycles. The van der Waals surface area contributed by atoms with E-state index in [1.165, 1.54) is 19.1 Å². The molecular weight excluding hydrogens is 320 g/mol. The Kier molecular flexibility index (Phi) is 3.54. The van der Waals surface area contributed by atoms with E-state index in [1.807, 2.05) is 0 Å². The molecule has 0 aliphatic rings. The van der Waals surface area contributed by atoms with Gasteiger partial charge in [-0.1, -0.05) is 17.7 Å². The zero-order chi connectivity index (χ0) is 16.7. The lowest BCUT2D eigenvalue weighted by molar-refractivity contribution is 0.0696. The van der Waals surface area contributed by atoms with Crippen molar-refractivity contribution in [2.45, 2.75) is 6.92 Å². The van der Waals surface area contributed by atoms with Crippen LogP contribution in [0.4, 0.5) is 0 Å². The van der Waals surface area contributed by atoms with Crippen molar-refractivity contribution in [3.63, 3.8) is 0 Å². The van der Waals surface area contributed by atoms with Gasteiger partial charge in [0.25, 0.3) is 0 Å². The molecule has 0 amide bonds. The molecule has 0 fully saturated rings. The van der Waals surface area contributed by atoms with Gasteiger partial charge in [-0.3, -0.25) is 5.10 Å². The zero-order valence-electron chi connectivity index (χ0n) is 11.9. The van der Waals surface area contributed by atoms with Crippen molar-refractivity contribution in [2.75, 3.05) is 0 Å². The maximum atomic E-state index is 11.6. The van der Waals surface area contributed by atoms with Crippen LogP contribution in [0.3, 0.4) is 0 Å². The summed E-state index contributed by atoms with van der Waals surface area (Å²) in [5, 5.41) is 26.5.